The normalized spacial score (nSPS) is 10.9. The molecule has 0 bridgehead atoms. The predicted octanol–water partition coefficient (Wildman–Crippen LogP) is 3.47. The lowest BCUT2D eigenvalue weighted by atomic mass is 10.2. The lowest BCUT2D eigenvalue weighted by Crippen LogP contribution is -2.09. The molecule has 0 radical (unpaired) electrons. The average molecular weight is 220 g/mol. The maximum absolute atomic E-state index is 11.6. The molecule has 0 atom stereocenters. The molecule has 0 aliphatic rings. The van der Waals surface area contributed by atoms with Gasteiger partial charge in [0.15, 0.2) is 0 Å². The highest BCUT2D eigenvalue weighted by atomic mass is 32.1. The highest BCUT2D eigenvalue weighted by molar-refractivity contribution is 7.20. The van der Waals surface area contributed by atoms with Crippen LogP contribution in [0.1, 0.15) is 23.5 Å². The molecule has 2 nitrogen and oxygen atoms in total. The Hall–Kier alpha value is -1.35. The number of thiophene rings is 1. The summed E-state index contributed by atoms with van der Waals surface area (Å²) in [6.07, 6.45) is -0.0669. The minimum atomic E-state index is -0.230. The Morgan fingerprint density at radius 1 is 1.33 bits per heavy atom. The number of hydrogen-bond donors (Lipinski definition) is 0. The van der Waals surface area contributed by atoms with Crippen molar-refractivity contribution in [1.82, 2.24) is 0 Å². The molecule has 78 valence electrons. The molecule has 0 unspecified atom stereocenters. The Balaban J connectivity index is 2.32. The molecule has 0 saturated carbocycles. The first-order chi connectivity index (χ1) is 7.16. The quantitative estimate of drug-likeness (QED) is 0.724. The van der Waals surface area contributed by atoms with Crippen molar-refractivity contribution in [2.24, 2.45) is 0 Å². The van der Waals surface area contributed by atoms with E-state index in [0.29, 0.717) is 4.88 Å². The first kappa shape index (κ1) is 10.2. The van der Waals surface area contributed by atoms with Crippen LogP contribution in [-0.4, -0.2) is 12.1 Å². The van der Waals surface area contributed by atoms with Crippen LogP contribution in [0.3, 0.4) is 0 Å². The van der Waals surface area contributed by atoms with E-state index in [2.05, 4.69) is 0 Å². The van der Waals surface area contributed by atoms with Crippen LogP contribution in [0, 0.1) is 0 Å². The van der Waals surface area contributed by atoms with Gasteiger partial charge in [-0.25, -0.2) is 4.79 Å². The summed E-state index contributed by atoms with van der Waals surface area (Å²) in [5, 5.41) is 1.10. The fraction of sp³-hybridized carbons (Fsp3) is 0.250. The number of fused-ring (bicyclic) bond motifs is 1. The van der Waals surface area contributed by atoms with Crippen LogP contribution in [0.15, 0.2) is 30.3 Å². The second kappa shape index (κ2) is 4.03. The van der Waals surface area contributed by atoms with E-state index in [1.54, 1.807) is 0 Å². The minimum absolute atomic E-state index is 0.0669. The summed E-state index contributed by atoms with van der Waals surface area (Å²) < 4.78 is 6.26. The number of carbonyl (C=O) groups is 1. The molecule has 3 heteroatoms. The number of ether oxygens (including phenoxy) is 1. The molecule has 1 aromatic carbocycles. The third-order valence-corrected chi connectivity index (χ3v) is 3.07. The molecule has 0 aliphatic carbocycles. The molecule has 1 aromatic heterocycles. The molecule has 2 rings (SSSR count). The molecule has 0 N–H and O–H groups in total. The van der Waals surface area contributed by atoms with Crippen molar-refractivity contribution < 1.29 is 9.53 Å². The van der Waals surface area contributed by atoms with Crippen molar-refractivity contribution in [3.05, 3.63) is 35.2 Å². The van der Waals surface area contributed by atoms with E-state index in [1.807, 2.05) is 44.2 Å². The van der Waals surface area contributed by atoms with Crippen molar-refractivity contribution in [2.75, 3.05) is 0 Å². The van der Waals surface area contributed by atoms with Gasteiger partial charge in [-0.15, -0.1) is 11.3 Å². The molecular weight excluding hydrogens is 208 g/mol. The molecule has 0 aliphatic heterocycles. The highest BCUT2D eigenvalue weighted by Gasteiger charge is 2.12. The van der Waals surface area contributed by atoms with Crippen LogP contribution in [0.2, 0.25) is 0 Å². The van der Waals surface area contributed by atoms with E-state index >= 15 is 0 Å². The molecule has 0 spiro atoms. The SMILES string of the molecule is CC(C)OC(=O)c1cc2ccccc2s1. The zero-order chi connectivity index (χ0) is 10.8. The van der Waals surface area contributed by atoms with E-state index in [-0.39, 0.29) is 12.1 Å². The number of rotatable bonds is 2. The molecule has 15 heavy (non-hydrogen) atoms. The van der Waals surface area contributed by atoms with Gasteiger partial charge in [-0.2, -0.15) is 0 Å². The summed E-state index contributed by atoms with van der Waals surface area (Å²) in [5.41, 5.74) is 0. The number of esters is 1. The highest BCUT2D eigenvalue weighted by Crippen LogP contribution is 2.25. The van der Waals surface area contributed by atoms with Gasteiger partial charge in [-0.3, -0.25) is 0 Å². The van der Waals surface area contributed by atoms with Gasteiger partial charge in [0, 0.05) is 4.70 Å². The van der Waals surface area contributed by atoms with E-state index < -0.39 is 0 Å². The summed E-state index contributed by atoms with van der Waals surface area (Å²) in [5.74, 6) is -0.230. The molecule has 0 fully saturated rings. The zero-order valence-corrected chi connectivity index (χ0v) is 9.51. The van der Waals surface area contributed by atoms with Crippen LogP contribution in [0.4, 0.5) is 0 Å². The fourth-order valence-corrected chi connectivity index (χ4v) is 2.30. The van der Waals surface area contributed by atoms with Crippen molar-refractivity contribution in [1.29, 1.82) is 0 Å². The van der Waals surface area contributed by atoms with E-state index in [9.17, 15) is 4.79 Å². The van der Waals surface area contributed by atoms with Gasteiger partial charge in [0.1, 0.15) is 4.88 Å². The summed E-state index contributed by atoms with van der Waals surface area (Å²) >= 11 is 1.47. The molecular formula is C12H12O2S. The monoisotopic (exact) mass is 220 g/mol. The van der Waals surface area contributed by atoms with Gasteiger partial charge in [0.05, 0.1) is 6.10 Å². The molecule has 2 aromatic rings. The first-order valence-electron chi connectivity index (χ1n) is 4.86. The van der Waals surface area contributed by atoms with Crippen molar-refractivity contribution in [3.8, 4) is 0 Å². The average Bonchev–Trinajstić information content (AvgIpc) is 2.59. The second-order valence-corrected chi connectivity index (χ2v) is 4.69. The Morgan fingerprint density at radius 3 is 2.73 bits per heavy atom. The topological polar surface area (TPSA) is 26.3 Å². The summed E-state index contributed by atoms with van der Waals surface area (Å²) in [4.78, 5) is 12.3. The molecule has 0 saturated heterocycles. The molecule has 1 heterocycles. The van der Waals surface area contributed by atoms with E-state index in [4.69, 9.17) is 4.74 Å². The van der Waals surface area contributed by atoms with Crippen LogP contribution in [0.5, 0.6) is 0 Å². The van der Waals surface area contributed by atoms with Gasteiger partial charge in [0.25, 0.3) is 0 Å². The number of benzene rings is 1. The Kier molecular flexibility index (Phi) is 2.73. The van der Waals surface area contributed by atoms with Crippen molar-refractivity contribution in [3.63, 3.8) is 0 Å². The van der Waals surface area contributed by atoms with Crippen LogP contribution in [-0.2, 0) is 4.74 Å². The predicted molar refractivity (Wildman–Crippen MR) is 62.4 cm³/mol. The van der Waals surface area contributed by atoms with Crippen LogP contribution in [0.25, 0.3) is 10.1 Å². The smallest absolute Gasteiger partial charge is 0.348 e. The lowest BCUT2D eigenvalue weighted by molar-refractivity contribution is 0.0384. The summed E-state index contributed by atoms with van der Waals surface area (Å²) in [6.45, 7) is 3.70. The van der Waals surface area contributed by atoms with Crippen LogP contribution < -0.4 is 0 Å². The third kappa shape index (κ3) is 2.18. The Morgan fingerprint density at radius 2 is 2.07 bits per heavy atom. The third-order valence-electron chi connectivity index (χ3n) is 1.97. The van der Waals surface area contributed by atoms with Gasteiger partial charge >= 0.3 is 5.97 Å². The van der Waals surface area contributed by atoms with Crippen LogP contribution >= 0.6 is 11.3 Å². The van der Waals surface area contributed by atoms with Gasteiger partial charge in [-0.05, 0) is 31.4 Å². The summed E-state index contributed by atoms with van der Waals surface area (Å²) in [7, 11) is 0. The molecule has 0 amide bonds. The zero-order valence-electron chi connectivity index (χ0n) is 8.69. The van der Waals surface area contributed by atoms with Crippen molar-refractivity contribution >= 4 is 27.4 Å². The first-order valence-corrected chi connectivity index (χ1v) is 5.68. The Labute approximate surface area is 92.5 Å². The van der Waals surface area contributed by atoms with Gasteiger partial charge < -0.3 is 4.74 Å². The fourth-order valence-electron chi connectivity index (χ4n) is 1.35. The second-order valence-electron chi connectivity index (χ2n) is 3.60. The standard InChI is InChI=1S/C12H12O2S/c1-8(2)14-12(13)11-7-9-5-3-4-6-10(9)15-11/h3-8H,1-2H3. The Bertz CT molecular complexity index is 452. The minimum Gasteiger partial charge on any atom is -0.459 e. The maximum atomic E-state index is 11.6. The van der Waals surface area contributed by atoms with E-state index in [0.717, 1.165) is 10.1 Å². The van der Waals surface area contributed by atoms with Gasteiger partial charge in [0.2, 0.25) is 0 Å². The van der Waals surface area contributed by atoms with Crippen molar-refractivity contribution in [2.45, 2.75) is 20.0 Å². The maximum Gasteiger partial charge on any atom is 0.348 e. The van der Waals surface area contributed by atoms with Gasteiger partial charge in [-0.1, -0.05) is 18.2 Å². The summed E-state index contributed by atoms with van der Waals surface area (Å²) in [6, 6.07) is 9.82. The van der Waals surface area contributed by atoms with E-state index in [1.165, 1.54) is 11.3 Å². The number of carbonyl (C=O) groups excluding carboxylic acids is 1. The lowest BCUT2D eigenvalue weighted by Gasteiger charge is -2.05. The number of hydrogen-bond acceptors (Lipinski definition) is 3. The largest absolute Gasteiger partial charge is 0.459 e.